The van der Waals surface area contributed by atoms with Gasteiger partial charge in [0.15, 0.2) is 11.5 Å². The standard InChI is InChI=1S/C20H12FN5/c21-15-5-1-3-13(10-15)19-18(25-17(11-22)20(23)26-19)14-6-7-16-12(9-14)4-2-8-24-16/h1-10H,(H2,23,26). The van der Waals surface area contributed by atoms with Crippen molar-refractivity contribution in [3.63, 3.8) is 0 Å². The summed E-state index contributed by atoms with van der Waals surface area (Å²) in [6.07, 6.45) is 1.72. The lowest BCUT2D eigenvalue weighted by Crippen LogP contribution is -2.03. The SMILES string of the molecule is N#Cc1nc(-c2ccc3ncccc3c2)c(-c2cccc(F)c2)nc1N. The van der Waals surface area contributed by atoms with E-state index in [4.69, 9.17) is 5.73 Å². The van der Waals surface area contributed by atoms with Crippen LogP contribution in [-0.4, -0.2) is 15.0 Å². The summed E-state index contributed by atoms with van der Waals surface area (Å²) in [5.74, 6) is -0.376. The summed E-state index contributed by atoms with van der Waals surface area (Å²) >= 11 is 0. The minimum atomic E-state index is -0.388. The predicted molar refractivity (Wildman–Crippen MR) is 97.3 cm³/mol. The summed E-state index contributed by atoms with van der Waals surface area (Å²) < 4.78 is 13.7. The second kappa shape index (κ2) is 6.22. The first-order valence-electron chi connectivity index (χ1n) is 7.84. The number of aromatic nitrogens is 3. The number of rotatable bonds is 2. The van der Waals surface area contributed by atoms with Gasteiger partial charge in [-0.15, -0.1) is 0 Å². The van der Waals surface area contributed by atoms with Crippen molar-refractivity contribution < 1.29 is 4.39 Å². The number of fused-ring (bicyclic) bond motifs is 1. The van der Waals surface area contributed by atoms with Gasteiger partial charge in [0.05, 0.1) is 16.9 Å². The van der Waals surface area contributed by atoms with Crippen molar-refractivity contribution in [3.8, 4) is 28.6 Å². The molecule has 26 heavy (non-hydrogen) atoms. The van der Waals surface area contributed by atoms with Gasteiger partial charge in [0.25, 0.3) is 0 Å². The Morgan fingerprint density at radius 1 is 0.923 bits per heavy atom. The van der Waals surface area contributed by atoms with Gasteiger partial charge in [0, 0.05) is 22.7 Å². The van der Waals surface area contributed by atoms with E-state index in [1.54, 1.807) is 18.3 Å². The molecule has 0 spiro atoms. The van der Waals surface area contributed by atoms with Crippen molar-refractivity contribution in [2.75, 3.05) is 5.73 Å². The number of nitrogens with two attached hydrogens (primary N) is 1. The molecule has 0 aliphatic carbocycles. The minimum absolute atomic E-state index is 0.0120. The molecule has 4 aromatic rings. The number of nitrogen functional groups attached to an aromatic ring is 1. The molecular formula is C20H12FN5. The molecule has 0 saturated heterocycles. The van der Waals surface area contributed by atoms with E-state index in [1.165, 1.54) is 12.1 Å². The van der Waals surface area contributed by atoms with Crippen molar-refractivity contribution in [2.45, 2.75) is 0 Å². The first-order chi connectivity index (χ1) is 12.7. The number of nitrogens with zero attached hydrogens (tertiary/aromatic N) is 4. The fourth-order valence-corrected chi connectivity index (χ4v) is 2.79. The van der Waals surface area contributed by atoms with Crippen LogP contribution in [0, 0.1) is 17.1 Å². The van der Waals surface area contributed by atoms with E-state index in [9.17, 15) is 9.65 Å². The van der Waals surface area contributed by atoms with Crippen LogP contribution >= 0.6 is 0 Å². The van der Waals surface area contributed by atoms with E-state index >= 15 is 0 Å². The molecule has 2 aromatic carbocycles. The van der Waals surface area contributed by atoms with Crippen LogP contribution in [0.15, 0.2) is 60.8 Å². The number of benzene rings is 2. The largest absolute Gasteiger partial charge is 0.381 e. The third-order valence-corrected chi connectivity index (χ3v) is 4.00. The quantitative estimate of drug-likeness (QED) is 0.596. The molecule has 2 heterocycles. The molecule has 0 radical (unpaired) electrons. The Labute approximate surface area is 148 Å². The topological polar surface area (TPSA) is 88.5 Å². The maximum absolute atomic E-state index is 13.7. The molecule has 0 unspecified atom stereocenters. The lowest BCUT2D eigenvalue weighted by molar-refractivity contribution is 0.628. The lowest BCUT2D eigenvalue weighted by atomic mass is 10.0. The third kappa shape index (κ3) is 2.72. The van der Waals surface area contributed by atoms with Crippen LogP contribution in [0.4, 0.5) is 10.2 Å². The summed E-state index contributed by atoms with van der Waals surface area (Å²) in [6.45, 7) is 0. The maximum atomic E-state index is 13.7. The molecule has 0 saturated carbocycles. The number of hydrogen-bond acceptors (Lipinski definition) is 5. The van der Waals surface area contributed by atoms with Gasteiger partial charge < -0.3 is 5.73 Å². The number of halogens is 1. The molecule has 124 valence electrons. The number of anilines is 1. The van der Waals surface area contributed by atoms with Gasteiger partial charge in [-0.1, -0.05) is 24.3 Å². The smallest absolute Gasteiger partial charge is 0.183 e. The predicted octanol–water partition coefficient (Wildman–Crippen LogP) is 3.95. The Morgan fingerprint density at radius 2 is 1.73 bits per heavy atom. The van der Waals surface area contributed by atoms with Crippen LogP contribution in [0.3, 0.4) is 0 Å². The van der Waals surface area contributed by atoms with Crippen LogP contribution in [0.1, 0.15) is 5.69 Å². The Hall–Kier alpha value is -3.85. The van der Waals surface area contributed by atoms with Crippen molar-refractivity contribution >= 4 is 16.7 Å². The molecule has 0 fully saturated rings. The van der Waals surface area contributed by atoms with Crippen LogP contribution in [0.5, 0.6) is 0 Å². The summed E-state index contributed by atoms with van der Waals surface area (Å²) in [4.78, 5) is 13.0. The third-order valence-electron chi connectivity index (χ3n) is 4.00. The molecule has 0 atom stereocenters. The van der Waals surface area contributed by atoms with E-state index < -0.39 is 0 Å². The van der Waals surface area contributed by atoms with E-state index in [1.807, 2.05) is 36.4 Å². The van der Waals surface area contributed by atoms with Crippen LogP contribution in [-0.2, 0) is 0 Å². The monoisotopic (exact) mass is 341 g/mol. The van der Waals surface area contributed by atoms with Gasteiger partial charge in [-0.05, 0) is 30.3 Å². The highest BCUT2D eigenvalue weighted by molar-refractivity contribution is 5.87. The Balaban J connectivity index is 2.00. The second-order valence-corrected chi connectivity index (χ2v) is 5.69. The second-order valence-electron chi connectivity index (χ2n) is 5.69. The molecule has 0 bridgehead atoms. The summed E-state index contributed by atoms with van der Waals surface area (Å²) in [6, 6.07) is 17.4. The molecular weight excluding hydrogens is 329 g/mol. The molecule has 2 N–H and O–H groups in total. The number of hydrogen-bond donors (Lipinski definition) is 1. The number of nitriles is 1. The van der Waals surface area contributed by atoms with Crippen LogP contribution in [0.2, 0.25) is 0 Å². The Bertz CT molecular complexity index is 1180. The van der Waals surface area contributed by atoms with E-state index in [0.29, 0.717) is 17.0 Å². The van der Waals surface area contributed by atoms with Crippen LogP contribution < -0.4 is 5.73 Å². The van der Waals surface area contributed by atoms with E-state index in [0.717, 1.165) is 16.5 Å². The highest BCUT2D eigenvalue weighted by Crippen LogP contribution is 2.32. The first-order valence-corrected chi connectivity index (χ1v) is 7.84. The van der Waals surface area contributed by atoms with Crippen LogP contribution in [0.25, 0.3) is 33.4 Å². The highest BCUT2D eigenvalue weighted by atomic mass is 19.1. The first kappa shape index (κ1) is 15.7. The normalized spacial score (nSPS) is 10.6. The highest BCUT2D eigenvalue weighted by Gasteiger charge is 2.16. The maximum Gasteiger partial charge on any atom is 0.183 e. The number of pyridine rings is 1. The molecule has 0 aliphatic rings. The summed E-state index contributed by atoms with van der Waals surface area (Å²) in [5, 5.41) is 10.2. The zero-order valence-electron chi connectivity index (χ0n) is 13.5. The summed E-state index contributed by atoms with van der Waals surface area (Å²) in [7, 11) is 0. The van der Waals surface area contributed by atoms with Gasteiger partial charge in [0.2, 0.25) is 0 Å². The van der Waals surface area contributed by atoms with Gasteiger partial charge in [0.1, 0.15) is 11.9 Å². The summed E-state index contributed by atoms with van der Waals surface area (Å²) in [5.41, 5.74) is 8.89. The van der Waals surface area contributed by atoms with Crippen molar-refractivity contribution in [2.24, 2.45) is 0 Å². The molecule has 6 heteroatoms. The lowest BCUT2D eigenvalue weighted by Gasteiger charge is -2.11. The average molecular weight is 341 g/mol. The van der Waals surface area contributed by atoms with Crippen molar-refractivity contribution in [1.29, 1.82) is 5.26 Å². The Morgan fingerprint density at radius 3 is 2.54 bits per heavy atom. The fraction of sp³-hybridized carbons (Fsp3) is 0. The minimum Gasteiger partial charge on any atom is -0.381 e. The van der Waals surface area contributed by atoms with E-state index in [-0.39, 0.29) is 17.3 Å². The van der Waals surface area contributed by atoms with Gasteiger partial charge in [-0.3, -0.25) is 4.98 Å². The fourth-order valence-electron chi connectivity index (χ4n) is 2.79. The molecule has 0 amide bonds. The zero-order valence-corrected chi connectivity index (χ0v) is 13.5. The molecule has 0 aliphatic heterocycles. The van der Waals surface area contributed by atoms with Crippen molar-refractivity contribution in [1.82, 2.24) is 15.0 Å². The van der Waals surface area contributed by atoms with Crippen molar-refractivity contribution in [3.05, 3.63) is 72.3 Å². The average Bonchev–Trinajstić information content (AvgIpc) is 2.67. The Kier molecular flexibility index (Phi) is 3.75. The van der Waals surface area contributed by atoms with Gasteiger partial charge >= 0.3 is 0 Å². The zero-order chi connectivity index (χ0) is 18.1. The van der Waals surface area contributed by atoms with Gasteiger partial charge in [-0.2, -0.15) is 5.26 Å². The molecule has 2 aromatic heterocycles. The van der Waals surface area contributed by atoms with E-state index in [2.05, 4.69) is 15.0 Å². The molecule has 4 rings (SSSR count). The van der Waals surface area contributed by atoms with Gasteiger partial charge in [-0.25, -0.2) is 14.4 Å². The molecule has 5 nitrogen and oxygen atoms in total.